The summed E-state index contributed by atoms with van der Waals surface area (Å²) >= 11 is 0. The summed E-state index contributed by atoms with van der Waals surface area (Å²) in [4.78, 5) is 72.3. The molecule has 0 aliphatic rings. The van der Waals surface area contributed by atoms with Crippen molar-refractivity contribution in [3.05, 3.63) is 72.3 Å². The Morgan fingerprint density at radius 3 is 1.80 bits per heavy atom. The van der Waals surface area contributed by atoms with Crippen LogP contribution in [0, 0.1) is 5.92 Å². The fraction of sp³-hybridized carbons (Fsp3) is 0.476. The van der Waals surface area contributed by atoms with Crippen molar-refractivity contribution >= 4 is 64.5 Å². The van der Waals surface area contributed by atoms with Gasteiger partial charge in [-0.15, -0.1) is 12.4 Å². The Morgan fingerprint density at radius 2 is 1.23 bits per heavy atom. The van der Waals surface area contributed by atoms with E-state index in [1.807, 2.05) is 54.6 Å². The van der Waals surface area contributed by atoms with Gasteiger partial charge in [-0.3, -0.25) is 24.2 Å². The summed E-state index contributed by atoms with van der Waals surface area (Å²) in [6.45, 7) is 4.46. The van der Waals surface area contributed by atoms with Gasteiger partial charge in [0.2, 0.25) is 23.6 Å². The molecule has 0 aliphatic carbocycles. The van der Waals surface area contributed by atoms with E-state index >= 15 is 0 Å². The number of rotatable bonds is 25. The van der Waals surface area contributed by atoms with E-state index < -0.39 is 53.9 Å². The molecule has 0 saturated heterocycles. The molecule has 0 saturated carbocycles. The van der Waals surface area contributed by atoms with Crippen LogP contribution in [0.1, 0.15) is 70.8 Å². The number of nitrogens with one attached hydrogen (secondary N) is 5. The average Bonchev–Trinajstić information content (AvgIpc) is 3.22. The average molecular weight is 855 g/mol. The zero-order valence-corrected chi connectivity index (χ0v) is 35.6. The van der Waals surface area contributed by atoms with Gasteiger partial charge in [0.05, 0.1) is 7.11 Å². The lowest BCUT2D eigenvalue weighted by atomic mass is 10.0. The predicted octanol–water partition coefficient (Wildman–Crippen LogP) is 2.93. The van der Waals surface area contributed by atoms with Gasteiger partial charge in [0.25, 0.3) is 0 Å². The minimum Gasteiger partial charge on any atom is -0.496 e. The smallest absolute Gasteiger partial charge is 0.408 e. The molecule has 3 aromatic carbocycles. The van der Waals surface area contributed by atoms with E-state index in [0.29, 0.717) is 56.6 Å². The molecule has 60 heavy (non-hydrogen) atoms. The molecule has 13 N–H and O–H groups in total. The van der Waals surface area contributed by atoms with Crippen LogP contribution in [0.4, 0.5) is 10.5 Å². The number of alkyl carbamates (subject to hydrolysis) is 1. The Morgan fingerprint density at radius 1 is 0.683 bits per heavy atom. The van der Waals surface area contributed by atoms with E-state index in [4.69, 9.17) is 32.4 Å². The number of nitrogens with two attached hydrogens (primary N) is 4. The number of carbonyl (C=O) groups excluding carboxylic acids is 5. The standard InChI is InChI=1S/C42H62N10O7.ClH/c1-27(2)36(52-42(57)59-26-28-14-5-4-6-15-28)40(56)51-33(19-10-12-22-44)39(55)49-32(18-9-11-21-43)38(54)50-34(20-13-23-47-41(45)46)37(53)48-30-24-29-16-7-8-17-31(29)35(25-30)58-3;/h4-8,14-17,24-25,27,32-34,36H,9-13,18-23,26,43-44H2,1-3H3,(H,48,53)(H,49,55)(H,50,54)(H,51,56)(H,52,57)(H4,45,46,47);1H/t32-,33-,34-,36-;/m0./s1. The Bertz CT molecular complexity index is 1850. The normalized spacial score (nSPS) is 12.8. The predicted molar refractivity (Wildman–Crippen MR) is 236 cm³/mol. The zero-order chi connectivity index (χ0) is 43.2. The third-order valence-electron chi connectivity index (χ3n) is 9.48. The molecule has 0 fully saturated rings. The molecule has 0 unspecified atom stereocenters. The van der Waals surface area contributed by atoms with E-state index in [2.05, 4.69) is 31.6 Å². The van der Waals surface area contributed by atoms with Gasteiger partial charge in [-0.05, 0) is 87.4 Å². The largest absolute Gasteiger partial charge is 0.496 e. The minimum absolute atomic E-state index is 0. The summed E-state index contributed by atoms with van der Waals surface area (Å²) in [6.07, 6.45) is 2.27. The number of hydrogen-bond acceptors (Lipinski definition) is 10. The van der Waals surface area contributed by atoms with Gasteiger partial charge in [-0.25, -0.2) is 4.79 Å². The second kappa shape index (κ2) is 27.2. The number of halogens is 1. The van der Waals surface area contributed by atoms with Gasteiger partial charge in [-0.2, -0.15) is 0 Å². The Balaban J connectivity index is 0.0000124. The first-order valence-electron chi connectivity index (χ1n) is 20.1. The van der Waals surface area contributed by atoms with Crippen LogP contribution in [0.3, 0.4) is 0 Å². The van der Waals surface area contributed by atoms with Crippen molar-refractivity contribution in [2.24, 2.45) is 33.8 Å². The van der Waals surface area contributed by atoms with Crippen LogP contribution in [-0.4, -0.2) is 86.6 Å². The molecule has 3 rings (SSSR count). The second-order valence-electron chi connectivity index (χ2n) is 14.5. The van der Waals surface area contributed by atoms with Crippen molar-refractivity contribution in [2.45, 2.75) is 96.0 Å². The van der Waals surface area contributed by atoms with E-state index in [0.717, 1.165) is 16.3 Å². The van der Waals surface area contributed by atoms with Gasteiger partial charge in [-0.1, -0.05) is 68.4 Å². The molecule has 17 nitrogen and oxygen atoms in total. The van der Waals surface area contributed by atoms with E-state index in [9.17, 15) is 24.0 Å². The van der Waals surface area contributed by atoms with Gasteiger partial charge in [0.15, 0.2) is 5.96 Å². The molecule has 0 aromatic heterocycles. The van der Waals surface area contributed by atoms with E-state index in [1.54, 1.807) is 26.0 Å². The fourth-order valence-corrected chi connectivity index (χ4v) is 6.27. The fourth-order valence-electron chi connectivity index (χ4n) is 6.27. The molecule has 0 aliphatic heterocycles. The van der Waals surface area contributed by atoms with Crippen LogP contribution in [0.15, 0.2) is 71.7 Å². The number of hydrogen-bond donors (Lipinski definition) is 9. The highest BCUT2D eigenvalue weighted by Crippen LogP contribution is 2.30. The van der Waals surface area contributed by atoms with Crippen LogP contribution >= 0.6 is 12.4 Å². The number of aliphatic imine (C=N–C) groups is 1. The summed E-state index contributed by atoms with van der Waals surface area (Å²) in [7, 11) is 1.54. The van der Waals surface area contributed by atoms with Crippen molar-refractivity contribution in [1.82, 2.24) is 21.3 Å². The summed E-state index contributed by atoms with van der Waals surface area (Å²) in [6, 6.07) is 15.9. The van der Waals surface area contributed by atoms with Crippen LogP contribution in [0.25, 0.3) is 10.8 Å². The van der Waals surface area contributed by atoms with Gasteiger partial charge in [0.1, 0.15) is 36.5 Å². The number of nitrogens with zero attached hydrogens (tertiary/aromatic N) is 1. The summed E-state index contributed by atoms with van der Waals surface area (Å²) in [5.74, 6) is -2.25. The number of ether oxygens (including phenoxy) is 2. The monoisotopic (exact) mass is 854 g/mol. The Labute approximate surface area is 358 Å². The van der Waals surface area contributed by atoms with Crippen molar-refractivity contribution in [2.75, 3.05) is 32.1 Å². The SMILES string of the molecule is COc1cc(NC(=O)[C@H](CCCN=C(N)N)NC(=O)[C@H](CCCCN)NC(=O)[C@H](CCCCN)NC(=O)[C@@H](NC(=O)OCc2ccccc2)C(C)C)cc2ccccc12.Cl. The molecule has 0 spiro atoms. The van der Waals surface area contributed by atoms with Crippen molar-refractivity contribution in [1.29, 1.82) is 0 Å². The maximum atomic E-state index is 14.1. The van der Waals surface area contributed by atoms with Crippen LogP contribution < -0.4 is 54.3 Å². The lowest BCUT2D eigenvalue weighted by Gasteiger charge is -2.27. The molecular formula is C42H63ClN10O7. The molecule has 0 heterocycles. The number of guanidine groups is 1. The molecular weight excluding hydrogens is 792 g/mol. The maximum Gasteiger partial charge on any atom is 0.408 e. The number of fused-ring (bicyclic) bond motifs is 1. The van der Waals surface area contributed by atoms with Gasteiger partial charge >= 0.3 is 6.09 Å². The molecule has 3 aromatic rings. The first-order chi connectivity index (χ1) is 28.4. The van der Waals surface area contributed by atoms with Crippen LogP contribution in [0.2, 0.25) is 0 Å². The van der Waals surface area contributed by atoms with Crippen LogP contribution in [0.5, 0.6) is 5.75 Å². The Kier molecular flexibility index (Phi) is 22.9. The molecule has 4 atom stereocenters. The lowest BCUT2D eigenvalue weighted by Crippen LogP contribution is -2.58. The molecule has 18 heteroatoms. The molecule has 0 radical (unpaired) electrons. The third kappa shape index (κ3) is 17.3. The number of carbonyl (C=O) groups is 5. The van der Waals surface area contributed by atoms with Crippen molar-refractivity contribution in [3.8, 4) is 5.75 Å². The van der Waals surface area contributed by atoms with Crippen LogP contribution in [-0.2, 0) is 30.5 Å². The molecule has 330 valence electrons. The van der Waals surface area contributed by atoms with Gasteiger partial charge in [0, 0.05) is 23.7 Å². The molecule has 0 bridgehead atoms. The number of amides is 5. The summed E-state index contributed by atoms with van der Waals surface area (Å²) in [5, 5.41) is 15.6. The first kappa shape index (κ1) is 50.5. The lowest BCUT2D eigenvalue weighted by molar-refractivity contribution is -0.134. The summed E-state index contributed by atoms with van der Waals surface area (Å²) < 4.78 is 10.9. The Hall–Kier alpha value is -5.65. The quantitative estimate of drug-likeness (QED) is 0.0339. The third-order valence-corrected chi connectivity index (χ3v) is 9.48. The summed E-state index contributed by atoms with van der Waals surface area (Å²) in [5.41, 5.74) is 23.7. The minimum atomic E-state index is -1.09. The number of methoxy groups -OCH3 is 1. The number of unbranched alkanes of at least 4 members (excludes halogenated alkanes) is 2. The van der Waals surface area contributed by atoms with Crippen molar-refractivity contribution < 1.29 is 33.4 Å². The van der Waals surface area contributed by atoms with E-state index in [1.165, 1.54) is 7.11 Å². The highest BCUT2D eigenvalue weighted by Gasteiger charge is 2.32. The maximum absolute atomic E-state index is 14.1. The second-order valence-corrected chi connectivity index (χ2v) is 14.5. The van der Waals surface area contributed by atoms with Crippen molar-refractivity contribution in [3.63, 3.8) is 0 Å². The number of benzene rings is 3. The zero-order valence-electron chi connectivity index (χ0n) is 34.7. The number of anilines is 1. The highest BCUT2D eigenvalue weighted by atomic mass is 35.5. The first-order valence-corrected chi connectivity index (χ1v) is 20.1. The topological polar surface area (TPSA) is 280 Å². The van der Waals surface area contributed by atoms with E-state index in [-0.39, 0.29) is 56.7 Å². The highest BCUT2D eigenvalue weighted by molar-refractivity contribution is 6.01. The van der Waals surface area contributed by atoms with Gasteiger partial charge < -0.3 is 59.0 Å². The molecule has 5 amide bonds.